The van der Waals surface area contributed by atoms with Gasteiger partial charge in [0.15, 0.2) is 0 Å². The Morgan fingerprint density at radius 2 is 1.86 bits per heavy atom. The van der Waals surface area contributed by atoms with Gasteiger partial charge in [0.1, 0.15) is 5.75 Å². The molecule has 0 bridgehead atoms. The zero-order valence-electron chi connectivity index (χ0n) is 16.1. The Morgan fingerprint density at radius 1 is 1.14 bits per heavy atom. The quantitative estimate of drug-likeness (QED) is 0.748. The van der Waals surface area contributed by atoms with Gasteiger partial charge in [0.05, 0.1) is 50.4 Å². The minimum absolute atomic E-state index is 0.137. The summed E-state index contributed by atoms with van der Waals surface area (Å²) in [5.41, 5.74) is 0.830. The van der Waals surface area contributed by atoms with Gasteiger partial charge in [0.2, 0.25) is 10.0 Å². The van der Waals surface area contributed by atoms with Crippen LogP contribution in [0, 0.1) is 0 Å². The van der Waals surface area contributed by atoms with Crippen LogP contribution in [0.2, 0.25) is 0 Å². The first-order valence-electron chi connectivity index (χ1n) is 9.36. The van der Waals surface area contributed by atoms with E-state index < -0.39 is 10.0 Å². The Morgan fingerprint density at radius 3 is 2.57 bits per heavy atom. The van der Waals surface area contributed by atoms with Gasteiger partial charge in [-0.1, -0.05) is 18.2 Å². The minimum Gasteiger partial charge on any atom is -0.492 e. The molecule has 2 aromatic rings. The number of amides is 1. The van der Waals surface area contributed by atoms with Crippen LogP contribution in [0.4, 0.5) is 5.69 Å². The number of piperazine rings is 1. The third-order valence-electron chi connectivity index (χ3n) is 4.75. The molecule has 0 aliphatic carbocycles. The van der Waals surface area contributed by atoms with Crippen molar-refractivity contribution in [2.24, 2.45) is 0 Å². The van der Waals surface area contributed by atoms with E-state index in [1.807, 2.05) is 13.0 Å². The lowest BCUT2D eigenvalue weighted by Crippen LogP contribution is -3.12. The molecule has 0 unspecified atom stereocenters. The Hall–Kier alpha value is -2.42. The lowest BCUT2D eigenvalue weighted by Gasteiger charge is -2.29. The summed E-state index contributed by atoms with van der Waals surface area (Å²) in [7, 11) is -1.57. The standard InChI is InChI=1S/C20H25N3O4S/c1-3-27-19-10-5-4-9-18(19)21-20(24)16-7-6-8-17(15-16)28(25,26)23-13-11-22(2)12-14-23/h4-10,15H,3,11-14H2,1-2H3,(H,21,24)/p+1. The molecule has 1 fully saturated rings. The molecule has 150 valence electrons. The summed E-state index contributed by atoms with van der Waals surface area (Å²) < 4.78 is 32.9. The number of hydrogen-bond donors (Lipinski definition) is 2. The zero-order valence-corrected chi connectivity index (χ0v) is 17.0. The number of rotatable bonds is 6. The predicted octanol–water partition coefficient (Wildman–Crippen LogP) is 0.857. The van der Waals surface area contributed by atoms with Crippen LogP contribution in [0.25, 0.3) is 0 Å². The molecule has 1 heterocycles. The second kappa shape index (κ2) is 8.72. The average Bonchev–Trinajstić information content (AvgIpc) is 2.70. The summed E-state index contributed by atoms with van der Waals surface area (Å²) in [6.07, 6.45) is 0. The van der Waals surface area contributed by atoms with Crippen molar-refractivity contribution >= 4 is 21.6 Å². The zero-order chi connectivity index (χ0) is 20.1. The molecule has 0 saturated carbocycles. The van der Waals surface area contributed by atoms with Crippen molar-refractivity contribution in [2.45, 2.75) is 11.8 Å². The molecular weight excluding hydrogens is 378 g/mol. The molecular formula is C20H26N3O4S+. The van der Waals surface area contributed by atoms with Gasteiger partial charge in [-0.2, -0.15) is 4.31 Å². The van der Waals surface area contributed by atoms with Crippen molar-refractivity contribution in [3.05, 3.63) is 54.1 Å². The summed E-state index contributed by atoms with van der Waals surface area (Å²) in [5, 5.41) is 2.80. The van der Waals surface area contributed by atoms with E-state index in [0.717, 1.165) is 13.1 Å². The topological polar surface area (TPSA) is 80.1 Å². The van der Waals surface area contributed by atoms with Gasteiger partial charge in [0.25, 0.3) is 5.91 Å². The van der Waals surface area contributed by atoms with Crippen molar-refractivity contribution < 1.29 is 22.8 Å². The number of para-hydroxylation sites is 2. The van der Waals surface area contributed by atoms with Crippen LogP contribution in [0.15, 0.2) is 53.4 Å². The molecule has 8 heteroatoms. The lowest BCUT2D eigenvalue weighted by atomic mass is 10.2. The van der Waals surface area contributed by atoms with Gasteiger partial charge in [0, 0.05) is 5.56 Å². The number of sulfonamides is 1. The highest BCUT2D eigenvalue weighted by Gasteiger charge is 2.29. The van der Waals surface area contributed by atoms with Crippen LogP contribution in [0.5, 0.6) is 5.75 Å². The van der Waals surface area contributed by atoms with Gasteiger partial charge in [-0.25, -0.2) is 8.42 Å². The highest BCUT2D eigenvalue weighted by molar-refractivity contribution is 7.89. The van der Waals surface area contributed by atoms with Crippen LogP contribution in [0.3, 0.4) is 0 Å². The molecule has 1 aliphatic heterocycles. The Bertz CT molecular complexity index is 938. The van der Waals surface area contributed by atoms with Crippen LogP contribution >= 0.6 is 0 Å². The van der Waals surface area contributed by atoms with E-state index in [9.17, 15) is 13.2 Å². The Labute approximate surface area is 166 Å². The molecule has 0 aromatic heterocycles. The Kier molecular flexibility index (Phi) is 6.33. The van der Waals surface area contributed by atoms with Gasteiger partial charge >= 0.3 is 0 Å². The number of ether oxygens (including phenoxy) is 1. The molecule has 2 aromatic carbocycles. The van der Waals surface area contributed by atoms with Crippen molar-refractivity contribution in [1.29, 1.82) is 0 Å². The van der Waals surface area contributed by atoms with Gasteiger partial charge < -0.3 is 15.0 Å². The molecule has 28 heavy (non-hydrogen) atoms. The van der Waals surface area contributed by atoms with E-state index in [1.54, 1.807) is 30.3 Å². The van der Waals surface area contributed by atoms with E-state index in [0.29, 0.717) is 31.1 Å². The second-order valence-corrected chi connectivity index (χ2v) is 8.71. The number of likely N-dealkylation sites (N-methyl/N-ethyl adjacent to an activating group) is 1. The van der Waals surface area contributed by atoms with Crippen molar-refractivity contribution in [2.75, 3.05) is 45.2 Å². The minimum atomic E-state index is -3.62. The van der Waals surface area contributed by atoms with Gasteiger partial charge in [-0.05, 0) is 37.3 Å². The Balaban J connectivity index is 1.80. The number of benzene rings is 2. The highest BCUT2D eigenvalue weighted by atomic mass is 32.2. The van der Waals surface area contributed by atoms with Crippen molar-refractivity contribution in [3.8, 4) is 5.75 Å². The van der Waals surface area contributed by atoms with Crippen molar-refractivity contribution in [1.82, 2.24) is 4.31 Å². The van der Waals surface area contributed by atoms with E-state index >= 15 is 0 Å². The van der Waals surface area contributed by atoms with E-state index in [1.165, 1.54) is 21.3 Å². The van der Waals surface area contributed by atoms with E-state index in [4.69, 9.17) is 4.74 Å². The molecule has 1 saturated heterocycles. The number of carbonyl (C=O) groups excluding carboxylic acids is 1. The normalized spacial score (nSPS) is 15.9. The molecule has 1 aliphatic rings. The number of anilines is 1. The first-order valence-corrected chi connectivity index (χ1v) is 10.8. The third kappa shape index (κ3) is 4.52. The maximum Gasteiger partial charge on any atom is 0.255 e. The average molecular weight is 405 g/mol. The first kappa shape index (κ1) is 20.3. The predicted molar refractivity (Wildman–Crippen MR) is 107 cm³/mol. The van der Waals surface area contributed by atoms with Gasteiger partial charge in [-0.15, -0.1) is 0 Å². The maximum atomic E-state index is 12.9. The van der Waals surface area contributed by atoms with Crippen LogP contribution in [0.1, 0.15) is 17.3 Å². The molecule has 0 atom stereocenters. The third-order valence-corrected chi connectivity index (χ3v) is 6.64. The summed E-state index contributed by atoms with van der Waals surface area (Å²) in [4.78, 5) is 14.1. The lowest BCUT2D eigenvalue weighted by molar-refractivity contribution is -0.883. The molecule has 3 rings (SSSR count). The van der Waals surface area contributed by atoms with Crippen LogP contribution in [-0.2, 0) is 10.0 Å². The number of nitrogens with zero attached hydrogens (tertiary/aromatic N) is 1. The summed E-state index contributed by atoms with van der Waals surface area (Å²) in [6, 6.07) is 13.3. The summed E-state index contributed by atoms with van der Waals surface area (Å²) >= 11 is 0. The fourth-order valence-electron chi connectivity index (χ4n) is 3.10. The molecule has 1 amide bonds. The van der Waals surface area contributed by atoms with E-state index in [2.05, 4.69) is 12.4 Å². The fraction of sp³-hybridized carbons (Fsp3) is 0.350. The fourth-order valence-corrected chi connectivity index (χ4v) is 4.59. The highest BCUT2D eigenvalue weighted by Crippen LogP contribution is 2.25. The monoisotopic (exact) mass is 404 g/mol. The number of hydrogen-bond acceptors (Lipinski definition) is 4. The van der Waals surface area contributed by atoms with Crippen LogP contribution in [-0.4, -0.2) is 58.5 Å². The number of quaternary nitrogens is 1. The summed E-state index contributed by atoms with van der Waals surface area (Å²) in [5.74, 6) is 0.189. The molecule has 7 nitrogen and oxygen atoms in total. The van der Waals surface area contributed by atoms with E-state index in [-0.39, 0.29) is 16.4 Å². The summed E-state index contributed by atoms with van der Waals surface area (Å²) in [6.45, 7) is 4.85. The second-order valence-electron chi connectivity index (χ2n) is 6.77. The first-order chi connectivity index (χ1) is 13.4. The largest absolute Gasteiger partial charge is 0.492 e. The SMILES string of the molecule is CCOc1ccccc1NC(=O)c1cccc(S(=O)(=O)N2CC[NH+](C)CC2)c1. The molecule has 0 radical (unpaired) electrons. The van der Waals surface area contributed by atoms with Crippen molar-refractivity contribution in [3.63, 3.8) is 0 Å². The smallest absolute Gasteiger partial charge is 0.255 e. The van der Waals surface area contributed by atoms with Gasteiger partial charge in [-0.3, -0.25) is 4.79 Å². The number of carbonyl (C=O) groups is 1. The maximum absolute atomic E-state index is 12.9. The number of nitrogens with one attached hydrogen (secondary N) is 2. The molecule has 0 spiro atoms. The molecule has 2 N–H and O–H groups in total. The van der Waals surface area contributed by atoms with Crippen LogP contribution < -0.4 is 15.0 Å².